The summed E-state index contributed by atoms with van der Waals surface area (Å²) < 4.78 is 0. The summed E-state index contributed by atoms with van der Waals surface area (Å²) in [5.74, 6) is -3.15. The molecular formula is C16H26N6O5S. The van der Waals surface area contributed by atoms with Crippen molar-refractivity contribution in [2.24, 2.45) is 11.7 Å². The van der Waals surface area contributed by atoms with Gasteiger partial charge in [-0.2, -0.15) is 12.6 Å². The van der Waals surface area contributed by atoms with Crippen LogP contribution in [0.4, 0.5) is 0 Å². The second-order valence-corrected chi connectivity index (χ2v) is 6.84. The van der Waals surface area contributed by atoms with Gasteiger partial charge >= 0.3 is 5.97 Å². The van der Waals surface area contributed by atoms with Crippen LogP contribution in [0.2, 0.25) is 0 Å². The molecule has 0 saturated carbocycles. The van der Waals surface area contributed by atoms with Crippen LogP contribution < -0.4 is 21.7 Å². The fourth-order valence-electron chi connectivity index (χ4n) is 2.22. The predicted octanol–water partition coefficient (Wildman–Crippen LogP) is -1.96. The molecule has 0 saturated heterocycles. The first-order valence-corrected chi connectivity index (χ1v) is 9.22. The van der Waals surface area contributed by atoms with Gasteiger partial charge in [-0.3, -0.25) is 14.4 Å². The maximum atomic E-state index is 12.3. The maximum Gasteiger partial charge on any atom is 0.326 e. The number of nitrogens with one attached hydrogen (secondary N) is 4. The summed E-state index contributed by atoms with van der Waals surface area (Å²) in [4.78, 5) is 54.1. The van der Waals surface area contributed by atoms with Gasteiger partial charge in [-0.25, -0.2) is 9.78 Å². The van der Waals surface area contributed by atoms with Crippen molar-refractivity contribution in [1.82, 2.24) is 25.9 Å². The number of carbonyl (C=O) groups excluding carboxylic acids is 3. The first-order valence-electron chi connectivity index (χ1n) is 8.59. The second-order valence-electron chi connectivity index (χ2n) is 6.48. The van der Waals surface area contributed by atoms with E-state index in [4.69, 9.17) is 5.73 Å². The van der Waals surface area contributed by atoms with Gasteiger partial charge in [0.05, 0.1) is 18.9 Å². The van der Waals surface area contributed by atoms with Crippen molar-refractivity contribution in [3.63, 3.8) is 0 Å². The average molecular weight is 414 g/mol. The van der Waals surface area contributed by atoms with Gasteiger partial charge in [0.2, 0.25) is 17.7 Å². The number of amides is 3. The lowest BCUT2D eigenvalue weighted by molar-refractivity contribution is -0.141. The van der Waals surface area contributed by atoms with Gasteiger partial charge < -0.3 is 31.8 Å². The van der Waals surface area contributed by atoms with Crippen LogP contribution >= 0.6 is 12.6 Å². The summed E-state index contributed by atoms with van der Waals surface area (Å²) in [6, 6.07) is -2.94. The van der Waals surface area contributed by atoms with E-state index in [1.54, 1.807) is 13.8 Å². The SMILES string of the molecule is CC(C)C(NC(=O)C(N)CS)C(=O)NCC(=O)NC(Cc1cnc[nH]1)C(=O)O. The Morgan fingerprint density at radius 2 is 1.93 bits per heavy atom. The summed E-state index contributed by atoms with van der Waals surface area (Å²) >= 11 is 3.94. The minimum atomic E-state index is -1.22. The zero-order valence-corrected chi connectivity index (χ0v) is 16.5. The van der Waals surface area contributed by atoms with Crippen LogP contribution in [0.5, 0.6) is 0 Å². The smallest absolute Gasteiger partial charge is 0.326 e. The highest BCUT2D eigenvalue weighted by atomic mass is 32.1. The number of thiol groups is 1. The van der Waals surface area contributed by atoms with Crippen LogP contribution in [0.3, 0.4) is 0 Å². The van der Waals surface area contributed by atoms with Crippen molar-refractivity contribution >= 4 is 36.3 Å². The van der Waals surface area contributed by atoms with Crippen LogP contribution in [-0.4, -0.2) is 69.2 Å². The third-order valence-corrected chi connectivity index (χ3v) is 4.21. The Labute approximate surface area is 167 Å². The summed E-state index contributed by atoms with van der Waals surface area (Å²) in [5, 5.41) is 16.5. The normalized spacial score (nSPS) is 14.0. The molecule has 0 fully saturated rings. The number of nitrogens with zero attached hydrogens (tertiary/aromatic N) is 1. The first-order chi connectivity index (χ1) is 13.1. The quantitative estimate of drug-likeness (QED) is 0.205. The topological polar surface area (TPSA) is 179 Å². The summed E-state index contributed by atoms with van der Waals surface area (Å²) in [5.41, 5.74) is 6.12. The third kappa shape index (κ3) is 7.56. The molecular weight excluding hydrogens is 388 g/mol. The van der Waals surface area contributed by atoms with Crippen molar-refractivity contribution in [3.8, 4) is 0 Å². The van der Waals surface area contributed by atoms with E-state index >= 15 is 0 Å². The van der Waals surface area contributed by atoms with E-state index in [-0.39, 0.29) is 18.1 Å². The molecule has 1 heterocycles. The molecule has 7 N–H and O–H groups in total. The van der Waals surface area contributed by atoms with Crippen LogP contribution in [0.1, 0.15) is 19.5 Å². The molecule has 156 valence electrons. The van der Waals surface area contributed by atoms with Crippen molar-refractivity contribution in [3.05, 3.63) is 18.2 Å². The van der Waals surface area contributed by atoms with Crippen molar-refractivity contribution in [2.75, 3.05) is 12.3 Å². The number of hydrogen-bond donors (Lipinski definition) is 7. The Balaban J connectivity index is 2.59. The molecule has 28 heavy (non-hydrogen) atoms. The summed E-state index contributed by atoms with van der Waals surface area (Å²) in [6.07, 6.45) is 2.87. The highest BCUT2D eigenvalue weighted by Gasteiger charge is 2.27. The molecule has 3 unspecified atom stereocenters. The number of aromatic amines is 1. The Kier molecular flexibility index (Phi) is 9.45. The Bertz CT molecular complexity index is 681. The highest BCUT2D eigenvalue weighted by Crippen LogP contribution is 2.03. The van der Waals surface area contributed by atoms with Crippen LogP contribution in [0, 0.1) is 5.92 Å². The van der Waals surface area contributed by atoms with Crippen molar-refractivity contribution in [1.29, 1.82) is 0 Å². The van der Waals surface area contributed by atoms with E-state index in [0.717, 1.165) is 0 Å². The highest BCUT2D eigenvalue weighted by molar-refractivity contribution is 7.80. The number of nitrogens with two attached hydrogens (primary N) is 1. The molecule has 0 aromatic carbocycles. The van der Waals surface area contributed by atoms with Crippen LogP contribution in [0.25, 0.3) is 0 Å². The van der Waals surface area contributed by atoms with E-state index in [1.165, 1.54) is 12.5 Å². The molecule has 0 aliphatic rings. The lowest BCUT2D eigenvalue weighted by atomic mass is 10.0. The Hall–Kier alpha value is -2.60. The van der Waals surface area contributed by atoms with Gasteiger partial charge in [-0.15, -0.1) is 0 Å². The number of hydrogen-bond acceptors (Lipinski definition) is 7. The summed E-state index contributed by atoms with van der Waals surface area (Å²) in [6.45, 7) is 3.01. The van der Waals surface area contributed by atoms with E-state index in [1.807, 2.05) is 0 Å². The molecule has 0 spiro atoms. The van der Waals surface area contributed by atoms with E-state index < -0.39 is 48.4 Å². The van der Waals surface area contributed by atoms with Gasteiger partial charge in [0, 0.05) is 24.1 Å². The minimum Gasteiger partial charge on any atom is -0.480 e. The lowest BCUT2D eigenvalue weighted by Crippen LogP contribution is -2.55. The molecule has 0 aliphatic carbocycles. The number of rotatable bonds is 11. The Morgan fingerprint density at radius 3 is 2.43 bits per heavy atom. The standard InChI is InChI=1S/C16H26N6O5S/c1-8(2)13(22-14(24)10(17)6-28)15(25)19-5-12(23)21-11(16(26)27)3-9-4-18-7-20-9/h4,7-8,10-11,13,28H,3,5-6,17H2,1-2H3,(H,18,20)(H,19,25)(H,21,23)(H,22,24)(H,26,27). The first kappa shape index (κ1) is 23.4. The number of aromatic nitrogens is 2. The number of imidazole rings is 1. The number of carboxylic acid groups (broad SMARTS) is 1. The van der Waals surface area contributed by atoms with Crippen molar-refractivity contribution < 1.29 is 24.3 Å². The molecule has 1 rings (SSSR count). The molecule has 0 bridgehead atoms. The number of aliphatic carboxylic acids is 1. The zero-order valence-electron chi connectivity index (χ0n) is 15.6. The summed E-state index contributed by atoms with van der Waals surface area (Å²) in [7, 11) is 0. The van der Waals surface area contributed by atoms with E-state index in [0.29, 0.717) is 5.69 Å². The Morgan fingerprint density at radius 1 is 1.25 bits per heavy atom. The monoisotopic (exact) mass is 414 g/mol. The number of carbonyl (C=O) groups is 4. The second kappa shape index (κ2) is 11.3. The molecule has 0 radical (unpaired) electrons. The van der Waals surface area contributed by atoms with E-state index in [9.17, 15) is 24.3 Å². The van der Waals surface area contributed by atoms with Gasteiger partial charge in [0.15, 0.2) is 0 Å². The molecule has 3 amide bonds. The van der Waals surface area contributed by atoms with Crippen molar-refractivity contribution in [2.45, 2.75) is 38.4 Å². The maximum absolute atomic E-state index is 12.3. The largest absolute Gasteiger partial charge is 0.480 e. The molecule has 11 nitrogen and oxygen atoms in total. The average Bonchev–Trinajstić information content (AvgIpc) is 3.15. The minimum absolute atomic E-state index is 0.0152. The van der Waals surface area contributed by atoms with Gasteiger partial charge in [-0.1, -0.05) is 13.8 Å². The molecule has 1 aromatic heterocycles. The zero-order chi connectivity index (χ0) is 21.3. The molecule has 1 aromatic rings. The molecule has 0 aliphatic heterocycles. The molecule has 3 atom stereocenters. The fourth-order valence-corrected chi connectivity index (χ4v) is 2.38. The third-order valence-electron chi connectivity index (χ3n) is 3.82. The van der Waals surface area contributed by atoms with Gasteiger partial charge in [0.25, 0.3) is 0 Å². The van der Waals surface area contributed by atoms with Gasteiger partial charge in [-0.05, 0) is 5.92 Å². The number of H-pyrrole nitrogens is 1. The fraction of sp³-hybridized carbons (Fsp3) is 0.562. The van der Waals surface area contributed by atoms with Gasteiger partial charge in [0.1, 0.15) is 12.1 Å². The van der Waals surface area contributed by atoms with Crippen LogP contribution in [-0.2, 0) is 25.6 Å². The van der Waals surface area contributed by atoms with E-state index in [2.05, 4.69) is 38.5 Å². The number of carboxylic acids is 1. The van der Waals surface area contributed by atoms with Crippen LogP contribution in [0.15, 0.2) is 12.5 Å². The predicted molar refractivity (Wildman–Crippen MR) is 103 cm³/mol. The lowest BCUT2D eigenvalue weighted by Gasteiger charge is -2.23. The molecule has 12 heteroatoms.